The maximum absolute atomic E-state index is 15.2. The molecule has 2 N–H and O–H groups in total. The Hall–Kier alpha value is -3.61. The summed E-state index contributed by atoms with van der Waals surface area (Å²) in [6.45, 7) is 0. The largest absolute Gasteiger partial charge is 0.297 e. The molecule has 1 heterocycles. The van der Waals surface area contributed by atoms with Crippen LogP contribution in [0, 0.1) is 17.5 Å². The summed E-state index contributed by atoms with van der Waals surface area (Å²) in [6, 6.07) is 13.0. The number of rotatable bonds is 5. The molecule has 0 atom stereocenters. The number of carbonyl (C=O) groups excluding carboxylic acids is 1. The van der Waals surface area contributed by atoms with Gasteiger partial charge in [-0.1, -0.05) is 47.7 Å². The third-order valence-corrected chi connectivity index (χ3v) is 6.26. The number of nitrogens with zero attached hydrogens (tertiary/aromatic N) is 2. The first-order chi connectivity index (χ1) is 15.7. The van der Waals surface area contributed by atoms with Gasteiger partial charge in [-0.3, -0.25) is 14.7 Å². The van der Waals surface area contributed by atoms with Crippen LogP contribution < -0.4 is 5.32 Å². The smallest absolute Gasteiger partial charge is 0.296 e. The molecule has 4 rings (SSSR count). The molecule has 12 heteroatoms. The molecular weight excluding hydrogens is 479 g/mol. The topological polar surface area (TPSA) is 109 Å². The third kappa shape index (κ3) is 4.49. The average molecular weight is 491 g/mol. The van der Waals surface area contributed by atoms with Gasteiger partial charge in [0.15, 0.2) is 5.82 Å². The second-order valence-corrected chi connectivity index (χ2v) is 8.97. The molecule has 4 aromatic rings. The van der Waals surface area contributed by atoms with Crippen molar-refractivity contribution in [3.8, 4) is 21.7 Å². The highest BCUT2D eigenvalue weighted by molar-refractivity contribution is 7.85. The minimum atomic E-state index is -4.85. The fourth-order valence-corrected chi connectivity index (χ4v) is 4.42. The Morgan fingerprint density at radius 2 is 1.58 bits per heavy atom. The normalized spacial score (nSPS) is 11.4. The van der Waals surface area contributed by atoms with Crippen molar-refractivity contribution < 1.29 is 30.9 Å². The Labute approximate surface area is 189 Å². The van der Waals surface area contributed by atoms with E-state index in [0.29, 0.717) is 5.56 Å². The molecule has 0 spiro atoms. The summed E-state index contributed by atoms with van der Waals surface area (Å²) < 4.78 is 75.4. The SMILES string of the molecule is O=C(Nc1nnc(-c2ccc(S(=O)(=O)O)c(F)c2-c2ccccc2)s1)c1c(F)cccc1F. The Balaban J connectivity index is 1.77. The van der Waals surface area contributed by atoms with Crippen molar-refractivity contribution in [2.24, 2.45) is 0 Å². The van der Waals surface area contributed by atoms with Crippen molar-refractivity contribution >= 4 is 32.5 Å². The first kappa shape index (κ1) is 22.6. The molecule has 0 unspecified atom stereocenters. The number of halogens is 3. The minimum Gasteiger partial charge on any atom is -0.296 e. The molecule has 7 nitrogen and oxygen atoms in total. The number of hydrogen-bond acceptors (Lipinski definition) is 6. The van der Waals surface area contributed by atoms with Gasteiger partial charge in [-0.25, -0.2) is 13.2 Å². The number of aromatic nitrogens is 2. The van der Waals surface area contributed by atoms with Crippen LogP contribution in [0.15, 0.2) is 65.6 Å². The molecule has 0 saturated heterocycles. The lowest BCUT2D eigenvalue weighted by molar-refractivity contribution is 0.101. The van der Waals surface area contributed by atoms with Crippen LogP contribution in [0.3, 0.4) is 0 Å². The van der Waals surface area contributed by atoms with Crippen molar-refractivity contribution in [2.75, 3.05) is 5.32 Å². The van der Waals surface area contributed by atoms with E-state index in [9.17, 15) is 26.5 Å². The maximum Gasteiger partial charge on any atom is 0.297 e. The summed E-state index contributed by atoms with van der Waals surface area (Å²) in [6.07, 6.45) is 0. The van der Waals surface area contributed by atoms with E-state index in [1.807, 2.05) is 0 Å². The van der Waals surface area contributed by atoms with Crippen LogP contribution in [-0.2, 0) is 10.1 Å². The van der Waals surface area contributed by atoms with Gasteiger partial charge in [-0.2, -0.15) is 8.42 Å². The van der Waals surface area contributed by atoms with E-state index in [4.69, 9.17) is 0 Å². The molecule has 168 valence electrons. The van der Waals surface area contributed by atoms with Gasteiger partial charge in [0.25, 0.3) is 16.0 Å². The van der Waals surface area contributed by atoms with Crippen LogP contribution in [0.25, 0.3) is 21.7 Å². The molecule has 0 bridgehead atoms. The van der Waals surface area contributed by atoms with Crippen LogP contribution >= 0.6 is 11.3 Å². The van der Waals surface area contributed by atoms with E-state index in [-0.39, 0.29) is 21.3 Å². The van der Waals surface area contributed by atoms with E-state index in [0.717, 1.165) is 35.6 Å². The van der Waals surface area contributed by atoms with Crippen LogP contribution in [0.5, 0.6) is 0 Å². The quantitative estimate of drug-likeness (QED) is 0.389. The van der Waals surface area contributed by atoms with Crippen LogP contribution in [0.4, 0.5) is 18.3 Å². The molecule has 33 heavy (non-hydrogen) atoms. The number of carbonyl (C=O) groups is 1. The summed E-state index contributed by atoms with van der Waals surface area (Å²) in [5, 5.41) is 9.83. The number of anilines is 1. The van der Waals surface area contributed by atoms with E-state index in [1.54, 1.807) is 18.2 Å². The van der Waals surface area contributed by atoms with Gasteiger partial charge in [0.2, 0.25) is 5.13 Å². The Morgan fingerprint density at radius 3 is 2.21 bits per heavy atom. The predicted molar refractivity (Wildman–Crippen MR) is 115 cm³/mol. The van der Waals surface area contributed by atoms with Crippen LogP contribution in [0.2, 0.25) is 0 Å². The highest BCUT2D eigenvalue weighted by Crippen LogP contribution is 2.39. The van der Waals surface area contributed by atoms with Gasteiger partial charge in [-0.15, -0.1) is 10.2 Å². The first-order valence-electron chi connectivity index (χ1n) is 9.11. The fraction of sp³-hybridized carbons (Fsp3) is 0. The minimum absolute atomic E-state index is 0.0824. The Kier molecular flexibility index (Phi) is 5.97. The molecule has 3 aromatic carbocycles. The fourth-order valence-electron chi connectivity index (χ4n) is 3.08. The van der Waals surface area contributed by atoms with Gasteiger partial charge in [0.05, 0.1) is 0 Å². The standard InChI is InChI=1S/C21H12F3N3O4S2/c22-13-7-4-8-14(23)17(13)19(28)25-21-27-26-20(32-21)12-9-10-15(33(29,30)31)18(24)16(12)11-5-2-1-3-6-11/h1-10H,(H,25,27,28)(H,29,30,31). The van der Waals surface area contributed by atoms with E-state index in [1.165, 1.54) is 18.2 Å². The average Bonchev–Trinajstić information content (AvgIpc) is 3.21. The number of nitrogens with one attached hydrogen (secondary N) is 1. The predicted octanol–water partition coefficient (Wildman–Crippen LogP) is 4.79. The molecule has 0 aliphatic heterocycles. The van der Waals surface area contributed by atoms with E-state index < -0.39 is 43.9 Å². The molecule has 0 fully saturated rings. The molecule has 0 aliphatic rings. The number of benzene rings is 3. The molecule has 1 aromatic heterocycles. The highest BCUT2D eigenvalue weighted by Gasteiger charge is 2.25. The van der Waals surface area contributed by atoms with Crippen molar-refractivity contribution in [3.63, 3.8) is 0 Å². The van der Waals surface area contributed by atoms with Gasteiger partial charge < -0.3 is 0 Å². The summed E-state index contributed by atoms with van der Waals surface area (Å²) >= 11 is 0.774. The lowest BCUT2D eigenvalue weighted by Crippen LogP contribution is -2.15. The lowest BCUT2D eigenvalue weighted by Gasteiger charge is -2.11. The molecular formula is C21H12F3N3O4S2. The van der Waals surface area contributed by atoms with Gasteiger partial charge in [0, 0.05) is 11.1 Å². The van der Waals surface area contributed by atoms with Crippen molar-refractivity contribution in [3.05, 3.63) is 83.7 Å². The van der Waals surface area contributed by atoms with Gasteiger partial charge in [0.1, 0.15) is 27.1 Å². The third-order valence-electron chi connectivity index (χ3n) is 4.51. The molecule has 1 amide bonds. The molecule has 0 aliphatic carbocycles. The molecule has 0 saturated carbocycles. The highest BCUT2D eigenvalue weighted by atomic mass is 32.2. The monoisotopic (exact) mass is 491 g/mol. The van der Waals surface area contributed by atoms with E-state index >= 15 is 4.39 Å². The van der Waals surface area contributed by atoms with Gasteiger partial charge in [-0.05, 0) is 29.8 Å². The Morgan fingerprint density at radius 1 is 0.909 bits per heavy atom. The summed E-state index contributed by atoms with van der Waals surface area (Å²) in [7, 11) is -4.85. The second-order valence-electron chi connectivity index (χ2n) is 6.60. The summed E-state index contributed by atoms with van der Waals surface area (Å²) in [5.41, 5.74) is -0.548. The maximum atomic E-state index is 15.2. The number of amides is 1. The first-order valence-corrected chi connectivity index (χ1v) is 11.4. The zero-order valence-corrected chi connectivity index (χ0v) is 17.9. The van der Waals surface area contributed by atoms with Gasteiger partial charge >= 0.3 is 0 Å². The lowest BCUT2D eigenvalue weighted by atomic mass is 9.99. The zero-order chi connectivity index (χ0) is 23.8. The molecule has 0 radical (unpaired) electrons. The van der Waals surface area contributed by atoms with E-state index in [2.05, 4.69) is 15.5 Å². The zero-order valence-electron chi connectivity index (χ0n) is 16.3. The number of hydrogen-bond donors (Lipinski definition) is 2. The summed E-state index contributed by atoms with van der Waals surface area (Å²) in [4.78, 5) is 11.4. The Bertz CT molecular complexity index is 1460. The van der Waals surface area contributed by atoms with Crippen LogP contribution in [-0.4, -0.2) is 29.1 Å². The van der Waals surface area contributed by atoms with Crippen molar-refractivity contribution in [1.82, 2.24) is 10.2 Å². The second kappa shape index (κ2) is 8.73. The summed E-state index contributed by atoms with van der Waals surface area (Å²) in [5.74, 6) is -4.42. The van der Waals surface area contributed by atoms with Crippen LogP contribution in [0.1, 0.15) is 10.4 Å². The van der Waals surface area contributed by atoms with Crippen molar-refractivity contribution in [1.29, 1.82) is 0 Å². The van der Waals surface area contributed by atoms with Crippen molar-refractivity contribution in [2.45, 2.75) is 4.90 Å².